The molecule has 1 amide bonds. The first-order chi connectivity index (χ1) is 9.16. The van der Waals surface area contributed by atoms with Crippen molar-refractivity contribution in [1.29, 1.82) is 0 Å². The Bertz CT molecular complexity index is 434. The van der Waals surface area contributed by atoms with E-state index in [4.69, 9.17) is 4.74 Å². The van der Waals surface area contributed by atoms with E-state index in [2.05, 4.69) is 0 Å². The summed E-state index contributed by atoms with van der Waals surface area (Å²) in [5.74, 6) is 0.294. The van der Waals surface area contributed by atoms with Crippen molar-refractivity contribution in [3.8, 4) is 0 Å². The van der Waals surface area contributed by atoms with Crippen molar-refractivity contribution < 1.29 is 14.3 Å². The zero-order valence-corrected chi connectivity index (χ0v) is 11.2. The molecule has 1 saturated carbocycles. The number of ketones is 1. The first-order valence-electron chi connectivity index (χ1n) is 6.62. The van der Waals surface area contributed by atoms with Gasteiger partial charge in [-0.15, -0.1) is 0 Å². The Labute approximate surface area is 113 Å². The summed E-state index contributed by atoms with van der Waals surface area (Å²) < 4.78 is 5.27. The highest BCUT2D eigenvalue weighted by atomic mass is 16.6. The van der Waals surface area contributed by atoms with Gasteiger partial charge in [-0.25, -0.2) is 4.79 Å². The van der Waals surface area contributed by atoms with Crippen molar-refractivity contribution in [2.45, 2.75) is 38.3 Å². The zero-order valence-electron chi connectivity index (χ0n) is 11.2. The second-order valence-electron chi connectivity index (χ2n) is 4.92. The number of amides is 1. The maximum Gasteiger partial charge on any atom is 0.410 e. The van der Waals surface area contributed by atoms with E-state index in [1.54, 1.807) is 11.9 Å². The maximum atomic E-state index is 11.9. The van der Waals surface area contributed by atoms with E-state index in [1.165, 1.54) is 0 Å². The molecule has 1 aliphatic rings. The van der Waals surface area contributed by atoms with Gasteiger partial charge in [0.25, 0.3) is 0 Å². The Kier molecular flexibility index (Phi) is 4.55. The van der Waals surface area contributed by atoms with Gasteiger partial charge in [0.1, 0.15) is 12.4 Å². The first-order valence-corrected chi connectivity index (χ1v) is 6.62. The van der Waals surface area contributed by atoms with E-state index < -0.39 is 0 Å². The molecular formula is C15H19NO3. The maximum absolute atomic E-state index is 11.9. The SMILES string of the molecule is CN(C(=O)OCc1ccccc1)C1CCC(=O)CC1. The fourth-order valence-electron chi connectivity index (χ4n) is 2.28. The predicted octanol–water partition coefficient (Wildman–Crippen LogP) is 2.77. The highest BCUT2D eigenvalue weighted by Crippen LogP contribution is 2.20. The fraction of sp³-hybridized carbons (Fsp3) is 0.467. The third kappa shape index (κ3) is 3.81. The molecule has 0 spiro atoms. The molecule has 0 bridgehead atoms. The molecule has 4 heteroatoms. The molecule has 0 radical (unpaired) electrons. The van der Waals surface area contributed by atoms with Crippen LogP contribution in [0.5, 0.6) is 0 Å². The van der Waals surface area contributed by atoms with Crippen LogP contribution in [0.15, 0.2) is 30.3 Å². The topological polar surface area (TPSA) is 46.6 Å². The lowest BCUT2D eigenvalue weighted by Crippen LogP contribution is -2.39. The molecule has 0 heterocycles. The van der Waals surface area contributed by atoms with Crippen LogP contribution in [0.3, 0.4) is 0 Å². The van der Waals surface area contributed by atoms with Crippen LogP contribution in [0, 0.1) is 0 Å². The third-order valence-corrected chi connectivity index (χ3v) is 3.55. The van der Waals surface area contributed by atoms with Crippen LogP contribution in [-0.2, 0) is 16.1 Å². The van der Waals surface area contributed by atoms with Crippen molar-refractivity contribution in [3.63, 3.8) is 0 Å². The monoisotopic (exact) mass is 261 g/mol. The molecule has 0 saturated heterocycles. The molecule has 19 heavy (non-hydrogen) atoms. The smallest absolute Gasteiger partial charge is 0.410 e. The fourth-order valence-corrected chi connectivity index (χ4v) is 2.28. The van der Waals surface area contributed by atoms with Crippen molar-refractivity contribution in [2.75, 3.05) is 7.05 Å². The Balaban J connectivity index is 1.81. The van der Waals surface area contributed by atoms with Gasteiger partial charge in [-0.1, -0.05) is 30.3 Å². The van der Waals surface area contributed by atoms with Crippen LogP contribution in [-0.4, -0.2) is 29.9 Å². The molecule has 4 nitrogen and oxygen atoms in total. The van der Waals surface area contributed by atoms with Crippen LogP contribution in [0.4, 0.5) is 4.79 Å². The number of Topliss-reactive ketones (excluding diaryl/α,β-unsaturated/α-hetero) is 1. The van der Waals surface area contributed by atoms with Crippen LogP contribution in [0.2, 0.25) is 0 Å². The van der Waals surface area contributed by atoms with Gasteiger partial charge in [0.05, 0.1) is 0 Å². The van der Waals surface area contributed by atoms with E-state index in [1.807, 2.05) is 30.3 Å². The summed E-state index contributed by atoms with van der Waals surface area (Å²) in [5, 5.41) is 0. The summed E-state index contributed by atoms with van der Waals surface area (Å²) in [5.41, 5.74) is 0.975. The largest absolute Gasteiger partial charge is 0.445 e. The van der Waals surface area contributed by atoms with E-state index >= 15 is 0 Å². The van der Waals surface area contributed by atoms with Crippen molar-refractivity contribution in [3.05, 3.63) is 35.9 Å². The van der Waals surface area contributed by atoms with Crippen molar-refractivity contribution >= 4 is 11.9 Å². The third-order valence-electron chi connectivity index (χ3n) is 3.55. The number of nitrogens with zero attached hydrogens (tertiary/aromatic N) is 1. The average Bonchev–Trinajstić information content (AvgIpc) is 2.46. The lowest BCUT2D eigenvalue weighted by Gasteiger charge is -2.29. The van der Waals surface area contributed by atoms with E-state index in [0.29, 0.717) is 18.6 Å². The minimum Gasteiger partial charge on any atom is -0.445 e. The van der Waals surface area contributed by atoms with E-state index in [9.17, 15) is 9.59 Å². The minimum absolute atomic E-state index is 0.126. The second kappa shape index (κ2) is 6.36. The van der Waals surface area contributed by atoms with Crippen molar-refractivity contribution in [2.24, 2.45) is 0 Å². The number of hydrogen-bond donors (Lipinski definition) is 0. The molecule has 1 aromatic rings. The summed E-state index contributed by atoms with van der Waals surface area (Å²) in [7, 11) is 1.74. The van der Waals surface area contributed by atoms with Crippen LogP contribution in [0.25, 0.3) is 0 Å². The van der Waals surface area contributed by atoms with Gasteiger partial charge in [0.2, 0.25) is 0 Å². The number of carbonyl (C=O) groups is 2. The second-order valence-corrected chi connectivity index (χ2v) is 4.92. The van der Waals surface area contributed by atoms with Gasteiger partial charge in [-0.05, 0) is 18.4 Å². The number of carbonyl (C=O) groups excluding carboxylic acids is 2. The van der Waals surface area contributed by atoms with Crippen LogP contribution >= 0.6 is 0 Å². The Morgan fingerprint density at radius 1 is 1.26 bits per heavy atom. The van der Waals surface area contributed by atoms with Gasteiger partial charge in [0.15, 0.2) is 0 Å². The molecule has 0 atom stereocenters. The molecular weight excluding hydrogens is 242 g/mol. The van der Waals surface area contributed by atoms with Gasteiger partial charge in [-0.2, -0.15) is 0 Å². The summed E-state index contributed by atoms with van der Waals surface area (Å²) in [6, 6.07) is 9.73. The minimum atomic E-state index is -0.316. The molecule has 102 valence electrons. The molecule has 0 aliphatic heterocycles. The quantitative estimate of drug-likeness (QED) is 0.840. The van der Waals surface area contributed by atoms with Gasteiger partial charge >= 0.3 is 6.09 Å². The lowest BCUT2D eigenvalue weighted by molar-refractivity contribution is -0.121. The zero-order chi connectivity index (χ0) is 13.7. The average molecular weight is 261 g/mol. The first kappa shape index (κ1) is 13.6. The molecule has 1 aliphatic carbocycles. The number of hydrogen-bond acceptors (Lipinski definition) is 3. The normalized spacial score (nSPS) is 16.2. The van der Waals surface area contributed by atoms with Crippen molar-refractivity contribution in [1.82, 2.24) is 4.90 Å². The van der Waals surface area contributed by atoms with E-state index in [0.717, 1.165) is 18.4 Å². The summed E-state index contributed by atoms with van der Waals surface area (Å²) in [6.45, 7) is 0.287. The van der Waals surface area contributed by atoms with Gasteiger partial charge < -0.3 is 9.64 Å². The van der Waals surface area contributed by atoms with Gasteiger partial charge in [-0.3, -0.25) is 4.79 Å². The summed E-state index contributed by atoms with van der Waals surface area (Å²) >= 11 is 0. The molecule has 0 aromatic heterocycles. The van der Waals surface area contributed by atoms with Crippen LogP contribution in [0.1, 0.15) is 31.2 Å². The Hall–Kier alpha value is -1.84. The standard InChI is InChI=1S/C15H19NO3/c1-16(13-7-9-14(17)10-8-13)15(18)19-11-12-5-3-2-4-6-12/h2-6,13H,7-11H2,1H3. The molecule has 1 aromatic carbocycles. The number of ether oxygens (including phenoxy) is 1. The molecule has 0 unspecified atom stereocenters. The summed E-state index contributed by atoms with van der Waals surface area (Å²) in [6.07, 6.45) is 2.32. The molecule has 0 N–H and O–H groups in total. The Morgan fingerprint density at radius 2 is 1.89 bits per heavy atom. The number of benzene rings is 1. The molecule has 1 fully saturated rings. The molecule has 2 rings (SSSR count). The highest BCUT2D eigenvalue weighted by Gasteiger charge is 2.25. The van der Waals surface area contributed by atoms with E-state index in [-0.39, 0.29) is 18.7 Å². The number of rotatable bonds is 3. The van der Waals surface area contributed by atoms with Crippen LogP contribution < -0.4 is 0 Å². The summed E-state index contributed by atoms with van der Waals surface area (Å²) in [4.78, 5) is 24.7. The lowest BCUT2D eigenvalue weighted by atomic mass is 9.94. The highest BCUT2D eigenvalue weighted by molar-refractivity contribution is 5.79. The Morgan fingerprint density at radius 3 is 2.53 bits per heavy atom. The van der Waals surface area contributed by atoms with Gasteiger partial charge in [0, 0.05) is 25.9 Å². The predicted molar refractivity (Wildman–Crippen MR) is 71.7 cm³/mol.